The minimum atomic E-state index is 0.525. The standard InChI is InChI=1S/C14H21BrN2O/c1-10(11-3-4-11)17(7-8-18-2)14-9-12(15)5-6-13(14)16/h5-6,9-11H,3-4,7-8,16H2,1-2H3. The molecule has 100 valence electrons. The normalized spacial score (nSPS) is 16.6. The van der Waals surface area contributed by atoms with Crippen LogP contribution < -0.4 is 10.6 Å². The van der Waals surface area contributed by atoms with Crippen LogP contribution in [-0.4, -0.2) is 26.3 Å². The Bertz CT molecular complexity index is 407. The Hall–Kier alpha value is -0.740. The molecule has 2 rings (SSSR count). The Morgan fingerprint density at radius 2 is 2.22 bits per heavy atom. The van der Waals surface area contributed by atoms with E-state index in [0.717, 1.165) is 34.9 Å². The van der Waals surface area contributed by atoms with Crippen molar-refractivity contribution in [3.8, 4) is 0 Å². The first-order valence-electron chi connectivity index (χ1n) is 6.44. The van der Waals surface area contributed by atoms with Crippen molar-refractivity contribution in [1.29, 1.82) is 0 Å². The molecule has 4 heteroatoms. The molecule has 0 aliphatic heterocycles. The van der Waals surface area contributed by atoms with Crippen LogP contribution in [0.25, 0.3) is 0 Å². The van der Waals surface area contributed by atoms with E-state index in [-0.39, 0.29) is 0 Å². The van der Waals surface area contributed by atoms with E-state index in [0.29, 0.717) is 6.04 Å². The zero-order valence-corrected chi connectivity index (χ0v) is 12.6. The van der Waals surface area contributed by atoms with Crippen molar-refractivity contribution in [3.05, 3.63) is 22.7 Å². The molecular formula is C14H21BrN2O. The second-order valence-corrected chi connectivity index (χ2v) is 5.88. The molecule has 0 saturated heterocycles. The van der Waals surface area contributed by atoms with Crippen LogP contribution in [0.3, 0.4) is 0 Å². The molecule has 0 radical (unpaired) electrons. The smallest absolute Gasteiger partial charge is 0.0637 e. The molecule has 1 fully saturated rings. The van der Waals surface area contributed by atoms with Gasteiger partial charge >= 0.3 is 0 Å². The van der Waals surface area contributed by atoms with Gasteiger partial charge in [0.2, 0.25) is 0 Å². The van der Waals surface area contributed by atoms with Crippen molar-refractivity contribution in [2.75, 3.05) is 30.9 Å². The summed E-state index contributed by atoms with van der Waals surface area (Å²) in [5.74, 6) is 0.806. The Morgan fingerprint density at radius 3 is 2.83 bits per heavy atom. The maximum absolute atomic E-state index is 6.12. The number of hydrogen-bond acceptors (Lipinski definition) is 3. The van der Waals surface area contributed by atoms with Gasteiger partial charge in [-0.3, -0.25) is 0 Å². The van der Waals surface area contributed by atoms with Crippen molar-refractivity contribution >= 4 is 27.3 Å². The number of ether oxygens (including phenoxy) is 1. The van der Waals surface area contributed by atoms with Crippen molar-refractivity contribution < 1.29 is 4.74 Å². The predicted octanol–water partition coefficient (Wildman–Crippen LogP) is 3.28. The SMILES string of the molecule is COCCN(c1cc(Br)ccc1N)C(C)C1CC1. The van der Waals surface area contributed by atoms with E-state index in [4.69, 9.17) is 10.5 Å². The van der Waals surface area contributed by atoms with E-state index < -0.39 is 0 Å². The monoisotopic (exact) mass is 312 g/mol. The lowest BCUT2D eigenvalue weighted by Gasteiger charge is -2.32. The minimum absolute atomic E-state index is 0.525. The molecule has 0 heterocycles. The minimum Gasteiger partial charge on any atom is -0.397 e. The quantitative estimate of drug-likeness (QED) is 0.819. The molecule has 1 aliphatic carbocycles. The molecule has 0 spiro atoms. The summed E-state index contributed by atoms with van der Waals surface area (Å²) in [7, 11) is 1.74. The summed E-state index contributed by atoms with van der Waals surface area (Å²) < 4.78 is 6.29. The average Bonchev–Trinajstić information content (AvgIpc) is 3.17. The summed E-state index contributed by atoms with van der Waals surface area (Å²) in [5, 5.41) is 0. The van der Waals surface area contributed by atoms with Crippen molar-refractivity contribution in [1.82, 2.24) is 0 Å². The first kappa shape index (κ1) is 13.7. The zero-order chi connectivity index (χ0) is 13.1. The van der Waals surface area contributed by atoms with Crippen molar-refractivity contribution in [2.24, 2.45) is 5.92 Å². The van der Waals surface area contributed by atoms with Gasteiger partial charge in [-0.25, -0.2) is 0 Å². The molecule has 1 aromatic rings. The van der Waals surface area contributed by atoms with Gasteiger partial charge in [-0.05, 0) is 43.9 Å². The summed E-state index contributed by atoms with van der Waals surface area (Å²) in [4.78, 5) is 2.38. The van der Waals surface area contributed by atoms with Gasteiger partial charge < -0.3 is 15.4 Å². The summed E-state index contributed by atoms with van der Waals surface area (Å²) in [6.07, 6.45) is 2.66. The summed E-state index contributed by atoms with van der Waals surface area (Å²) in [6.45, 7) is 3.89. The van der Waals surface area contributed by atoms with Gasteiger partial charge in [0.15, 0.2) is 0 Å². The Morgan fingerprint density at radius 1 is 1.50 bits per heavy atom. The van der Waals surface area contributed by atoms with Crippen LogP contribution in [0.2, 0.25) is 0 Å². The van der Waals surface area contributed by atoms with E-state index in [1.165, 1.54) is 12.8 Å². The molecule has 1 aromatic carbocycles. The van der Waals surface area contributed by atoms with Crippen LogP contribution in [0.4, 0.5) is 11.4 Å². The highest BCUT2D eigenvalue weighted by Gasteiger charge is 2.32. The van der Waals surface area contributed by atoms with Crippen LogP contribution in [0.1, 0.15) is 19.8 Å². The number of nitrogen functional groups attached to an aromatic ring is 1. The molecule has 1 aliphatic rings. The molecule has 3 nitrogen and oxygen atoms in total. The molecule has 0 amide bonds. The first-order chi connectivity index (χ1) is 8.63. The lowest BCUT2D eigenvalue weighted by molar-refractivity contribution is 0.203. The maximum Gasteiger partial charge on any atom is 0.0637 e. The van der Waals surface area contributed by atoms with Gasteiger partial charge in [-0.2, -0.15) is 0 Å². The zero-order valence-electron chi connectivity index (χ0n) is 11.0. The Balaban J connectivity index is 2.22. The second kappa shape index (κ2) is 5.93. The topological polar surface area (TPSA) is 38.5 Å². The van der Waals surface area contributed by atoms with Gasteiger partial charge in [0.05, 0.1) is 18.0 Å². The van der Waals surface area contributed by atoms with E-state index in [9.17, 15) is 0 Å². The van der Waals surface area contributed by atoms with Gasteiger partial charge in [0.1, 0.15) is 0 Å². The number of nitrogens with zero attached hydrogens (tertiary/aromatic N) is 1. The number of benzene rings is 1. The fraction of sp³-hybridized carbons (Fsp3) is 0.571. The first-order valence-corrected chi connectivity index (χ1v) is 7.23. The lowest BCUT2D eigenvalue weighted by Crippen LogP contribution is -2.37. The lowest BCUT2D eigenvalue weighted by atomic mass is 10.1. The number of rotatable bonds is 6. The number of nitrogens with two attached hydrogens (primary N) is 1. The highest BCUT2D eigenvalue weighted by atomic mass is 79.9. The summed E-state index contributed by atoms with van der Waals surface area (Å²) in [6, 6.07) is 6.56. The van der Waals surface area contributed by atoms with Crippen molar-refractivity contribution in [3.63, 3.8) is 0 Å². The number of hydrogen-bond donors (Lipinski definition) is 1. The van der Waals surface area contributed by atoms with Crippen LogP contribution in [0.5, 0.6) is 0 Å². The molecule has 1 unspecified atom stereocenters. The molecule has 0 aromatic heterocycles. The van der Waals surface area contributed by atoms with Crippen molar-refractivity contribution in [2.45, 2.75) is 25.8 Å². The van der Waals surface area contributed by atoms with E-state index in [1.54, 1.807) is 7.11 Å². The van der Waals surface area contributed by atoms with E-state index >= 15 is 0 Å². The Kier molecular flexibility index (Phi) is 4.51. The molecule has 18 heavy (non-hydrogen) atoms. The van der Waals surface area contributed by atoms with Crippen LogP contribution >= 0.6 is 15.9 Å². The third-order valence-electron chi connectivity index (χ3n) is 3.63. The molecule has 1 atom stereocenters. The van der Waals surface area contributed by atoms with Gasteiger partial charge in [0.25, 0.3) is 0 Å². The summed E-state index contributed by atoms with van der Waals surface area (Å²) >= 11 is 3.52. The second-order valence-electron chi connectivity index (χ2n) is 4.97. The molecule has 1 saturated carbocycles. The fourth-order valence-corrected chi connectivity index (χ4v) is 2.68. The maximum atomic E-state index is 6.12. The number of methoxy groups -OCH3 is 1. The van der Waals surface area contributed by atoms with Gasteiger partial charge in [0, 0.05) is 24.2 Å². The van der Waals surface area contributed by atoms with Gasteiger partial charge in [-0.15, -0.1) is 0 Å². The van der Waals surface area contributed by atoms with Crippen LogP contribution in [-0.2, 0) is 4.74 Å². The fourth-order valence-electron chi connectivity index (χ4n) is 2.33. The van der Waals surface area contributed by atoms with Crippen LogP contribution in [0.15, 0.2) is 22.7 Å². The molecule has 0 bridgehead atoms. The highest BCUT2D eigenvalue weighted by molar-refractivity contribution is 9.10. The van der Waals surface area contributed by atoms with Crippen LogP contribution in [0, 0.1) is 5.92 Å². The highest BCUT2D eigenvalue weighted by Crippen LogP contribution is 2.38. The Labute approximate surface area is 117 Å². The van der Waals surface area contributed by atoms with Gasteiger partial charge in [-0.1, -0.05) is 15.9 Å². The average molecular weight is 313 g/mol. The number of halogens is 1. The molecular weight excluding hydrogens is 292 g/mol. The predicted molar refractivity (Wildman–Crippen MR) is 80.0 cm³/mol. The van der Waals surface area contributed by atoms with E-state index in [1.807, 2.05) is 12.1 Å². The molecule has 2 N–H and O–H groups in total. The van der Waals surface area contributed by atoms with E-state index in [2.05, 4.69) is 33.8 Å². The number of anilines is 2. The third-order valence-corrected chi connectivity index (χ3v) is 4.13. The summed E-state index contributed by atoms with van der Waals surface area (Å²) in [5.41, 5.74) is 8.06. The third kappa shape index (κ3) is 3.18. The largest absolute Gasteiger partial charge is 0.397 e.